The van der Waals surface area contributed by atoms with Gasteiger partial charge in [0.2, 0.25) is 0 Å². The van der Waals surface area contributed by atoms with Gasteiger partial charge in [-0.1, -0.05) is 52.2 Å². The number of hydrogen-bond donors (Lipinski definition) is 0. The summed E-state index contributed by atoms with van der Waals surface area (Å²) in [6.07, 6.45) is 7.43. The van der Waals surface area contributed by atoms with Gasteiger partial charge in [0.15, 0.2) is 5.82 Å². The Morgan fingerprint density at radius 2 is 1.34 bits per heavy atom. The van der Waals surface area contributed by atoms with Crippen molar-refractivity contribution in [3.8, 4) is 34.0 Å². The Labute approximate surface area is 190 Å². The Bertz CT molecular complexity index is 925. The number of alkyl halides is 1. The standard InChI is InChI=1S/C27H33FN2O2/c1-4-5-6-7-16-31-24-14-10-22(11-15-24)27-29-17-23(18-30-27)21-8-12-25(13-9-21)32-19-26(28)20(2)3/h8-15,17-18,20,26H,4-7,16,19H2,1-3H3. The van der Waals surface area contributed by atoms with Crippen LogP contribution in [0.5, 0.6) is 11.5 Å². The summed E-state index contributed by atoms with van der Waals surface area (Å²) < 4.78 is 25.0. The summed E-state index contributed by atoms with van der Waals surface area (Å²) in [7, 11) is 0. The van der Waals surface area contributed by atoms with Crippen molar-refractivity contribution < 1.29 is 13.9 Å². The summed E-state index contributed by atoms with van der Waals surface area (Å²) in [6, 6.07) is 15.5. The maximum absolute atomic E-state index is 13.7. The zero-order valence-corrected chi connectivity index (χ0v) is 19.3. The Kier molecular flexibility index (Phi) is 9.02. The van der Waals surface area contributed by atoms with Gasteiger partial charge in [-0.15, -0.1) is 0 Å². The lowest BCUT2D eigenvalue weighted by atomic mass is 10.1. The molecule has 0 aliphatic heterocycles. The molecule has 1 aromatic heterocycles. The molecule has 3 rings (SSSR count). The number of rotatable bonds is 12. The van der Waals surface area contributed by atoms with E-state index in [1.54, 1.807) is 0 Å². The molecule has 0 amide bonds. The fourth-order valence-corrected chi connectivity index (χ4v) is 3.16. The first-order valence-electron chi connectivity index (χ1n) is 11.5. The molecule has 1 heterocycles. The third-order valence-corrected chi connectivity index (χ3v) is 5.35. The molecule has 32 heavy (non-hydrogen) atoms. The van der Waals surface area contributed by atoms with Gasteiger partial charge < -0.3 is 9.47 Å². The van der Waals surface area contributed by atoms with Gasteiger partial charge in [0, 0.05) is 23.5 Å². The number of hydrogen-bond acceptors (Lipinski definition) is 4. The highest BCUT2D eigenvalue weighted by molar-refractivity contribution is 5.64. The monoisotopic (exact) mass is 436 g/mol. The Morgan fingerprint density at radius 1 is 0.750 bits per heavy atom. The van der Waals surface area contributed by atoms with E-state index in [0.29, 0.717) is 11.6 Å². The number of nitrogens with zero attached hydrogens (tertiary/aromatic N) is 2. The van der Waals surface area contributed by atoms with E-state index in [1.807, 2.05) is 74.8 Å². The fourth-order valence-electron chi connectivity index (χ4n) is 3.16. The van der Waals surface area contributed by atoms with Crippen molar-refractivity contribution in [2.45, 2.75) is 52.6 Å². The van der Waals surface area contributed by atoms with Crippen LogP contribution in [0.4, 0.5) is 4.39 Å². The van der Waals surface area contributed by atoms with E-state index >= 15 is 0 Å². The lowest BCUT2D eigenvalue weighted by molar-refractivity contribution is 0.155. The predicted octanol–water partition coefficient (Wildman–Crippen LogP) is 7.14. The fraction of sp³-hybridized carbons (Fsp3) is 0.407. The number of benzene rings is 2. The van der Waals surface area contributed by atoms with Gasteiger partial charge in [-0.05, 0) is 54.3 Å². The summed E-state index contributed by atoms with van der Waals surface area (Å²) >= 11 is 0. The number of aromatic nitrogens is 2. The van der Waals surface area contributed by atoms with Crippen LogP contribution >= 0.6 is 0 Å². The van der Waals surface area contributed by atoms with E-state index in [1.165, 1.54) is 19.3 Å². The van der Waals surface area contributed by atoms with E-state index in [0.717, 1.165) is 35.5 Å². The maximum atomic E-state index is 13.7. The first-order valence-corrected chi connectivity index (χ1v) is 11.5. The maximum Gasteiger partial charge on any atom is 0.159 e. The van der Waals surface area contributed by atoms with Crippen molar-refractivity contribution in [3.05, 3.63) is 60.9 Å². The zero-order chi connectivity index (χ0) is 22.8. The second kappa shape index (κ2) is 12.2. The number of unbranched alkanes of at least 4 members (excludes halogenated alkanes) is 3. The second-order valence-corrected chi connectivity index (χ2v) is 8.32. The van der Waals surface area contributed by atoms with E-state index in [2.05, 4.69) is 16.9 Å². The molecule has 0 saturated heterocycles. The van der Waals surface area contributed by atoms with Crippen LogP contribution in [0.2, 0.25) is 0 Å². The highest BCUT2D eigenvalue weighted by atomic mass is 19.1. The van der Waals surface area contributed by atoms with E-state index in [-0.39, 0.29) is 12.5 Å². The lowest BCUT2D eigenvalue weighted by Gasteiger charge is -2.13. The van der Waals surface area contributed by atoms with Gasteiger partial charge in [0.25, 0.3) is 0 Å². The molecule has 3 aromatic rings. The molecule has 0 aliphatic carbocycles. The normalized spacial score (nSPS) is 12.0. The molecular formula is C27H33FN2O2. The van der Waals surface area contributed by atoms with Crippen LogP contribution in [0.3, 0.4) is 0 Å². The summed E-state index contributed by atoms with van der Waals surface area (Å²) in [5.41, 5.74) is 2.85. The largest absolute Gasteiger partial charge is 0.494 e. The van der Waals surface area contributed by atoms with Crippen molar-refractivity contribution in [1.29, 1.82) is 0 Å². The second-order valence-electron chi connectivity index (χ2n) is 8.32. The Hall–Kier alpha value is -2.95. The molecule has 1 unspecified atom stereocenters. The molecule has 0 saturated carbocycles. The first kappa shape index (κ1) is 23.7. The lowest BCUT2D eigenvalue weighted by Crippen LogP contribution is -2.18. The quantitative estimate of drug-likeness (QED) is 0.283. The van der Waals surface area contributed by atoms with Crippen molar-refractivity contribution in [2.24, 2.45) is 5.92 Å². The molecule has 4 nitrogen and oxygen atoms in total. The van der Waals surface area contributed by atoms with Gasteiger partial charge in [-0.3, -0.25) is 0 Å². The number of ether oxygens (including phenoxy) is 2. The summed E-state index contributed by atoms with van der Waals surface area (Å²) in [5, 5.41) is 0. The molecule has 5 heteroatoms. The third kappa shape index (κ3) is 7.04. The van der Waals surface area contributed by atoms with Gasteiger partial charge >= 0.3 is 0 Å². The van der Waals surface area contributed by atoms with Crippen LogP contribution in [0, 0.1) is 5.92 Å². The summed E-state index contributed by atoms with van der Waals surface area (Å²) in [4.78, 5) is 9.04. The Morgan fingerprint density at radius 3 is 1.94 bits per heavy atom. The third-order valence-electron chi connectivity index (χ3n) is 5.35. The van der Waals surface area contributed by atoms with Crippen LogP contribution in [-0.2, 0) is 0 Å². The highest BCUT2D eigenvalue weighted by Crippen LogP contribution is 2.24. The van der Waals surface area contributed by atoms with Gasteiger partial charge in [0.05, 0.1) is 6.61 Å². The van der Waals surface area contributed by atoms with Gasteiger partial charge in [-0.25, -0.2) is 14.4 Å². The first-order chi connectivity index (χ1) is 15.6. The van der Waals surface area contributed by atoms with Crippen LogP contribution in [0.25, 0.3) is 22.5 Å². The van der Waals surface area contributed by atoms with Gasteiger partial charge in [0.1, 0.15) is 24.3 Å². The van der Waals surface area contributed by atoms with E-state index in [4.69, 9.17) is 9.47 Å². The topological polar surface area (TPSA) is 44.2 Å². The summed E-state index contributed by atoms with van der Waals surface area (Å²) in [5.74, 6) is 2.15. The molecule has 0 spiro atoms. The van der Waals surface area contributed by atoms with Crippen molar-refractivity contribution in [2.75, 3.05) is 13.2 Å². The average molecular weight is 437 g/mol. The smallest absolute Gasteiger partial charge is 0.159 e. The molecule has 0 bridgehead atoms. The van der Waals surface area contributed by atoms with Crippen molar-refractivity contribution in [3.63, 3.8) is 0 Å². The average Bonchev–Trinajstić information content (AvgIpc) is 2.83. The molecule has 0 radical (unpaired) electrons. The van der Waals surface area contributed by atoms with Crippen LogP contribution in [0.15, 0.2) is 60.9 Å². The van der Waals surface area contributed by atoms with Crippen molar-refractivity contribution in [1.82, 2.24) is 9.97 Å². The van der Waals surface area contributed by atoms with Crippen LogP contribution in [0.1, 0.15) is 46.5 Å². The molecular weight excluding hydrogens is 403 g/mol. The minimum absolute atomic E-state index is 0.0517. The number of halogens is 1. The summed E-state index contributed by atoms with van der Waals surface area (Å²) in [6.45, 7) is 6.71. The highest BCUT2D eigenvalue weighted by Gasteiger charge is 2.12. The van der Waals surface area contributed by atoms with E-state index in [9.17, 15) is 4.39 Å². The predicted molar refractivity (Wildman–Crippen MR) is 128 cm³/mol. The SMILES string of the molecule is CCCCCCOc1ccc(-c2ncc(-c3ccc(OCC(F)C(C)C)cc3)cn2)cc1. The molecule has 0 fully saturated rings. The van der Waals surface area contributed by atoms with E-state index < -0.39 is 6.17 Å². The van der Waals surface area contributed by atoms with Crippen LogP contribution < -0.4 is 9.47 Å². The molecule has 0 aliphatic rings. The molecule has 0 N–H and O–H groups in total. The molecule has 2 aromatic carbocycles. The zero-order valence-electron chi connectivity index (χ0n) is 19.3. The van der Waals surface area contributed by atoms with Crippen molar-refractivity contribution >= 4 is 0 Å². The minimum Gasteiger partial charge on any atom is -0.494 e. The Balaban J connectivity index is 1.55. The van der Waals surface area contributed by atoms with Gasteiger partial charge in [-0.2, -0.15) is 0 Å². The molecule has 170 valence electrons. The van der Waals surface area contributed by atoms with Crippen LogP contribution in [-0.4, -0.2) is 29.4 Å². The molecule has 1 atom stereocenters. The minimum atomic E-state index is -0.970.